The van der Waals surface area contributed by atoms with Gasteiger partial charge in [-0.2, -0.15) is 0 Å². The molecule has 0 spiro atoms. The highest BCUT2D eigenvalue weighted by Crippen LogP contribution is 2.17. The third kappa shape index (κ3) is 3.35. The van der Waals surface area contributed by atoms with Crippen LogP contribution in [0.15, 0.2) is 24.3 Å². The van der Waals surface area contributed by atoms with Crippen LogP contribution in [-0.4, -0.2) is 16.5 Å². The van der Waals surface area contributed by atoms with Crippen LogP contribution >= 0.6 is 0 Å². The van der Waals surface area contributed by atoms with Crippen molar-refractivity contribution in [1.82, 2.24) is 9.97 Å². The van der Waals surface area contributed by atoms with Gasteiger partial charge in [0.2, 0.25) is 0 Å². The van der Waals surface area contributed by atoms with Crippen LogP contribution in [-0.2, 0) is 12.8 Å². The minimum atomic E-state index is 0.784. The number of rotatable bonds is 5. The van der Waals surface area contributed by atoms with Gasteiger partial charge in [-0.3, -0.25) is 0 Å². The molecule has 0 atom stereocenters. The second-order valence-electron chi connectivity index (χ2n) is 5.11. The van der Waals surface area contributed by atoms with E-state index in [1.807, 2.05) is 0 Å². The van der Waals surface area contributed by atoms with Crippen LogP contribution < -0.4 is 5.32 Å². The molecule has 3 heteroatoms. The van der Waals surface area contributed by atoms with E-state index in [9.17, 15) is 0 Å². The Morgan fingerprint density at radius 2 is 1.70 bits per heavy atom. The summed E-state index contributed by atoms with van der Waals surface area (Å²) in [5.41, 5.74) is 4.84. The Labute approximate surface area is 121 Å². The van der Waals surface area contributed by atoms with Crippen LogP contribution in [0.1, 0.15) is 42.1 Å². The van der Waals surface area contributed by atoms with Crippen molar-refractivity contribution in [2.24, 2.45) is 0 Å². The molecule has 1 aromatic heterocycles. The summed E-state index contributed by atoms with van der Waals surface area (Å²) in [5.74, 6) is 1.87. The Kier molecular flexibility index (Phi) is 4.72. The van der Waals surface area contributed by atoms with Gasteiger partial charge in [0.15, 0.2) is 0 Å². The van der Waals surface area contributed by atoms with E-state index in [1.54, 1.807) is 0 Å². The first-order valence-electron chi connectivity index (χ1n) is 7.29. The molecule has 0 bridgehead atoms. The average molecular weight is 269 g/mol. The smallest absolute Gasteiger partial charge is 0.135 e. The molecule has 0 saturated heterocycles. The molecule has 3 nitrogen and oxygen atoms in total. The SMILES string of the molecule is CCNc1nc(Cc2ccc(C)cc2)nc(CC)c1C. The van der Waals surface area contributed by atoms with Crippen molar-refractivity contribution >= 4 is 5.82 Å². The van der Waals surface area contributed by atoms with Crippen molar-refractivity contribution in [2.45, 2.75) is 40.5 Å². The van der Waals surface area contributed by atoms with E-state index >= 15 is 0 Å². The van der Waals surface area contributed by atoms with Gasteiger partial charge in [-0.25, -0.2) is 9.97 Å². The summed E-state index contributed by atoms with van der Waals surface area (Å²) in [5, 5.41) is 3.33. The van der Waals surface area contributed by atoms with Crippen LogP contribution in [0, 0.1) is 13.8 Å². The third-order valence-electron chi connectivity index (χ3n) is 3.45. The highest BCUT2D eigenvalue weighted by molar-refractivity contribution is 5.46. The Morgan fingerprint density at radius 1 is 1.00 bits per heavy atom. The normalized spacial score (nSPS) is 10.6. The molecule has 0 fully saturated rings. The van der Waals surface area contributed by atoms with Gasteiger partial charge in [0.1, 0.15) is 11.6 Å². The molecule has 1 aromatic carbocycles. The Bertz CT molecular complexity index is 574. The Morgan fingerprint density at radius 3 is 2.30 bits per heavy atom. The van der Waals surface area contributed by atoms with Crippen molar-refractivity contribution in [1.29, 1.82) is 0 Å². The maximum atomic E-state index is 4.70. The summed E-state index contributed by atoms with van der Waals surface area (Å²) in [6, 6.07) is 8.57. The number of aryl methyl sites for hydroxylation is 2. The summed E-state index contributed by atoms with van der Waals surface area (Å²) >= 11 is 0. The van der Waals surface area contributed by atoms with E-state index in [0.717, 1.165) is 36.7 Å². The van der Waals surface area contributed by atoms with Gasteiger partial charge in [0.25, 0.3) is 0 Å². The standard InChI is InChI=1S/C17H23N3/c1-5-15-13(4)17(18-6-2)20-16(19-15)11-14-9-7-12(3)8-10-14/h7-10H,5-6,11H2,1-4H3,(H,18,19,20). The van der Waals surface area contributed by atoms with E-state index in [-0.39, 0.29) is 0 Å². The lowest BCUT2D eigenvalue weighted by Gasteiger charge is -2.12. The lowest BCUT2D eigenvalue weighted by Crippen LogP contribution is -2.09. The van der Waals surface area contributed by atoms with E-state index in [4.69, 9.17) is 4.98 Å². The second-order valence-corrected chi connectivity index (χ2v) is 5.11. The Balaban J connectivity index is 2.31. The average Bonchev–Trinajstić information content (AvgIpc) is 2.45. The van der Waals surface area contributed by atoms with E-state index < -0.39 is 0 Å². The number of nitrogens with one attached hydrogen (secondary N) is 1. The molecule has 0 aliphatic heterocycles. The zero-order valence-corrected chi connectivity index (χ0v) is 12.8. The summed E-state index contributed by atoms with van der Waals surface area (Å²) < 4.78 is 0. The number of benzene rings is 1. The largest absolute Gasteiger partial charge is 0.370 e. The molecule has 0 aliphatic carbocycles. The molecule has 2 aromatic rings. The molecule has 20 heavy (non-hydrogen) atoms. The summed E-state index contributed by atoms with van der Waals surface area (Å²) in [6.45, 7) is 9.30. The molecule has 0 saturated carbocycles. The Hall–Kier alpha value is -1.90. The van der Waals surface area contributed by atoms with Crippen LogP contribution in [0.3, 0.4) is 0 Å². The summed E-state index contributed by atoms with van der Waals surface area (Å²) in [4.78, 5) is 9.37. The zero-order chi connectivity index (χ0) is 14.5. The highest BCUT2D eigenvalue weighted by atomic mass is 15.0. The monoisotopic (exact) mass is 269 g/mol. The van der Waals surface area contributed by atoms with Crippen molar-refractivity contribution in [3.8, 4) is 0 Å². The number of nitrogens with zero attached hydrogens (tertiary/aromatic N) is 2. The maximum Gasteiger partial charge on any atom is 0.135 e. The fraction of sp³-hybridized carbons (Fsp3) is 0.412. The van der Waals surface area contributed by atoms with Crippen molar-refractivity contribution in [2.75, 3.05) is 11.9 Å². The topological polar surface area (TPSA) is 37.8 Å². The van der Waals surface area contributed by atoms with Crippen LogP contribution in [0.25, 0.3) is 0 Å². The van der Waals surface area contributed by atoms with Gasteiger partial charge in [0.05, 0.1) is 0 Å². The van der Waals surface area contributed by atoms with Gasteiger partial charge in [-0.05, 0) is 32.8 Å². The van der Waals surface area contributed by atoms with Crippen LogP contribution in [0.5, 0.6) is 0 Å². The van der Waals surface area contributed by atoms with E-state index in [1.165, 1.54) is 16.7 Å². The molecule has 0 amide bonds. The molecule has 0 aliphatic rings. The van der Waals surface area contributed by atoms with Gasteiger partial charge in [-0.1, -0.05) is 36.8 Å². The molecule has 106 valence electrons. The summed E-state index contributed by atoms with van der Waals surface area (Å²) in [7, 11) is 0. The van der Waals surface area contributed by atoms with Crippen molar-refractivity contribution in [3.63, 3.8) is 0 Å². The molecular formula is C17H23N3. The summed E-state index contributed by atoms with van der Waals surface area (Å²) in [6.07, 6.45) is 1.72. The fourth-order valence-corrected chi connectivity index (χ4v) is 2.27. The first-order chi connectivity index (χ1) is 9.63. The number of hydrogen-bond donors (Lipinski definition) is 1. The number of aromatic nitrogens is 2. The molecule has 0 radical (unpaired) electrons. The third-order valence-corrected chi connectivity index (χ3v) is 3.45. The fourth-order valence-electron chi connectivity index (χ4n) is 2.27. The first-order valence-corrected chi connectivity index (χ1v) is 7.29. The predicted octanol–water partition coefficient (Wildman–Crippen LogP) is 3.68. The minimum Gasteiger partial charge on any atom is -0.370 e. The molecule has 1 N–H and O–H groups in total. The lowest BCUT2D eigenvalue weighted by molar-refractivity contribution is 0.886. The van der Waals surface area contributed by atoms with Crippen LogP contribution in [0.4, 0.5) is 5.82 Å². The van der Waals surface area contributed by atoms with Crippen molar-refractivity contribution < 1.29 is 0 Å². The molecule has 2 rings (SSSR count). The number of anilines is 1. The predicted molar refractivity (Wildman–Crippen MR) is 84.3 cm³/mol. The van der Waals surface area contributed by atoms with Gasteiger partial charge < -0.3 is 5.32 Å². The lowest BCUT2D eigenvalue weighted by atomic mass is 10.1. The van der Waals surface area contributed by atoms with E-state index in [2.05, 4.69) is 62.3 Å². The highest BCUT2D eigenvalue weighted by Gasteiger charge is 2.09. The molecule has 0 unspecified atom stereocenters. The first kappa shape index (κ1) is 14.5. The van der Waals surface area contributed by atoms with Gasteiger partial charge in [0, 0.05) is 24.2 Å². The zero-order valence-electron chi connectivity index (χ0n) is 12.8. The maximum absolute atomic E-state index is 4.70. The molecule has 1 heterocycles. The van der Waals surface area contributed by atoms with Gasteiger partial charge >= 0.3 is 0 Å². The van der Waals surface area contributed by atoms with Crippen molar-refractivity contribution in [3.05, 3.63) is 52.5 Å². The van der Waals surface area contributed by atoms with Gasteiger partial charge in [-0.15, -0.1) is 0 Å². The van der Waals surface area contributed by atoms with Crippen LogP contribution in [0.2, 0.25) is 0 Å². The molecular weight excluding hydrogens is 246 g/mol. The minimum absolute atomic E-state index is 0.784. The number of hydrogen-bond acceptors (Lipinski definition) is 3. The quantitative estimate of drug-likeness (QED) is 0.899. The second kappa shape index (κ2) is 6.51. The van der Waals surface area contributed by atoms with E-state index in [0.29, 0.717) is 0 Å².